The van der Waals surface area contributed by atoms with Crippen molar-refractivity contribution in [3.8, 4) is 0 Å². The summed E-state index contributed by atoms with van der Waals surface area (Å²) in [5.74, 6) is -0.287. The molecule has 0 saturated heterocycles. The Morgan fingerprint density at radius 3 is 2.56 bits per heavy atom. The van der Waals surface area contributed by atoms with Crippen LogP contribution in [0, 0.1) is 6.92 Å². The smallest absolute Gasteiger partial charge is 0.264 e. The molecule has 0 spiro atoms. The van der Waals surface area contributed by atoms with Gasteiger partial charge in [0.05, 0.1) is 27.3 Å². The second kappa shape index (κ2) is 10.1. The predicted octanol–water partition coefficient (Wildman–Crippen LogP) is 6.25. The molecule has 2 aromatic heterocycles. The number of carbonyl (C=O) groups excluding carboxylic acids is 1. The highest BCUT2D eigenvalue weighted by Gasteiger charge is 2.31. The molecule has 39 heavy (non-hydrogen) atoms. The van der Waals surface area contributed by atoms with Crippen molar-refractivity contribution in [3.05, 3.63) is 112 Å². The van der Waals surface area contributed by atoms with Gasteiger partial charge in [-0.05, 0) is 84.6 Å². The average molecular weight is 575 g/mol. The summed E-state index contributed by atoms with van der Waals surface area (Å²) in [6.07, 6.45) is 4.02. The normalized spacial score (nSPS) is 13.0. The van der Waals surface area contributed by atoms with Crippen LogP contribution in [0.1, 0.15) is 27.0 Å². The van der Waals surface area contributed by atoms with E-state index in [1.165, 1.54) is 27.8 Å². The zero-order chi connectivity index (χ0) is 27.1. The molecular weight excluding hydrogens is 552 g/mol. The van der Waals surface area contributed by atoms with Crippen LogP contribution in [-0.2, 0) is 23.0 Å². The van der Waals surface area contributed by atoms with Crippen LogP contribution in [0.2, 0.25) is 5.02 Å². The van der Waals surface area contributed by atoms with Crippen molar-refractivity contribution in [3.63, 3.8) is 0 Å². The van der Waals surface area contributed by atoms with Crippen molar-refractivity contribution >= 4 is 59.9 Å². The minimum absolute atomic E-state index is 0.140. The Hall–Kier alpha value is -3.79. The number of para-hydroxylation sites is 1. The molecule has 0 aliphatic carbocycles. The summed E-state index contributed by atoms with van der Waals surface area (Å²) in [7, 11) is -3.76. The number of pyridine rings is 1. The van der Waals surface area contributed by atoms with Gasteiger partial charge in [0.1, 0.15) is 0 Å². The van der Waals surface area contributed by atoms with Crippen molar-refractivity contribution in [2.24, 2.45) is 0 Å². The van der Waals surface area contributed by atoms with Gasteiger partial charge in [0.2, 0.25) is 0 Å². The summed E-state index contributed by atoms with van der Waals surface area (Å²) in [4.78, 5) is 24.4. The number of amides is 1. The van der Waals surface area contributed by atoms with Crippen molar-refractivity contribution < 1.29 is 13.2 Å². The first-order valence-electron chi connectivity index (χ1n) is 12.3. The first-order valence-corrected chi connectivity index (χ1v) is 14.9. The van der Waals surface area contributed by atoms with Gasteiger partial charge in [-0.15, -0.1) is 0 Å². The molecule has 196 valence electrons. The second-order valence-electron chi connectivity index (χ2n) is 9.29. The van der Waals surface area contributed by atoms with E-state index in [9.17, 15) is 13.2 Å². The van der Waals surface area contributed by atoms with E-state index in [4.69, 9.17) is 16.6 Å². The molecule has 5 aromatic rings. The Balaban J connectivity index is 1.34. The lowest BCUT2D eigenvalue weighted by atomic mass is 10.2. The summed E-state index contributed by atoms with van der Waals surface area (Å²) in [6, 6.07) is 21.0. The first-order chi connectivity index (χ1) is 18.8. The van der Waals surface area contributed by atoms with Crippen LogP contribution in [0.3, 0.4) is 0 Å². The molecule has 0 bridgehead atoms. The van der Waals surface area contributed by atoms with Gasteiger partial charge in [-0.25, -0.2) is 13.4 Å². The van der Waals surface area contributed by atoms with Crippen LogP contribution in [-0.4, -0.2) is 30.8 Å². The van der Waals surface area contributed by atoms with Crippen LogP contribution < -0.4 is 9.21 Å². The van der Waals surface area contributed by atoms with E-state index in [1.54, 1.807) is 29.4 Å². The summed E-state index contributed by atoms with van der Waals surface area (Å²) in [5, 5.41) is 1.14. The molecule has 1 amide bonds. The van der Waals surface area contributed by atoms with E-state index >= 15 is 0 Å². The molecule has 0 N–H and O–H groups in total. The Morgan fingerprint density at radius 2 is 1.79 bits per heavy atom. The molecule has 3 aromatic carbocycles. The maximum Gasteiger partial charge on any atom is 0.264 e. The van der Waals surface area contributed by atoms with Gasteiger partial charge in [0, 0.05) is 29.5 Å². The predicted molar refractivity (Wildman–Crippen MR) is 155 cm³/mol. The van der Waals surface area contributed by atoms with Crippen LogP contribution in [0.5, 0.6) is 0 Å². The monoisotopic (exact) mass is 574 g/mol. The molecule has 6 rings (SSSR count). The third kappa shape index (κ3) is 4.78. The van der Waals surface area contributed by atoms with Gasteiger partial charge in [0.15, 0.2) is 5.13 Å². The van der Waals surface area contributed by atoms with Crippen molar-refractivity contribution in [2.75, 3.05) is 15.7 Å². The number of hydrogen-bond donors (Lipinski definition) is 0. The molecule has 1 aliphatic rings. The average Bonchev–Trinajstić information content (AvgIpc) is 3.57. The number of halogens is 1. The number of carbonyl (C=O) groups is 1. The Labute approximate surface area is 235 Å². The third-order valence-electron chi connectivity index (χ3n) is 6.74. The molecule has 0 saturated carbocycles. The summed E-state index contributed by atoms with van der Waals surface area (Å²) in [6.45, 7) is 2.60. The molecule has 1 aliphatic heterocycles. The zero-order valence-corrected chi connectivity index (χ0v) is 23.3. The quantitative estimate of drug-likeness (QED) is 0.239. The Bertz CT molecular complexity index is 1810. The molecule has 0 fully saturated rings. The summed E-state index contributed by atoms with van der Waals surface area (Å²) < 4.78 is 29.2. The first kappa shape index (κ1) is 25.5. The van der Waals surface area contributed by atoms with Gasteiger partial charge in [-0.1, -0.05) is 41.1 Å². The third-order valence-corrected chi connectivity index (χ3v) is 9.81. The van der Waals surface area contributed by atoms with Crippen molar-refractivity contribution in [1.29, 1.82) is 0 Å². The Kier molecular flexibility index (Phi) is 6.58. The van der Waals surface area contributed by atoms with Gasteiger partial charge in [-0.2, -0.15) is 0 Å². The van der Waals surface area contributed by atoms with Gasteiger partial charge >= 0.3 is 0 Å². The maximum absolute atomic E-state index is 13.9. The lowest BCUT2D eigenvalue weighted by Gasteiger charge is -2.21. The fourth-order valence-electron chi connectivity index (χ4n) is 4.77. The standard InChI is InChI=1S/C29H23ClN4O3S2/c1-19-16-23(30)17-26-27(19)32-29(38-26)33(18-20-10-13-31-14-11-20)28(35)22-6-8-24(9-7-22)39(36,37)34-15-12-21-4-2-3-5-25(21)34/h2-11,13-14,16-17H,12,15,18H2,1H3. The van der Waals surface area contributed by atoms with Crippen LogP contribution in [0.15, 0.2) is 90.1 Å². The number of aryl methyl sites for hydroxylation is 1. The highest BCUT2D eigenvalue weighted by atomic mass is 35.5. The largest absolute Gasteiger partial charge is 0.279 e. The topological polar surface area (TPSA) is 83.5 Å². The number of fused-ring (bicyclic) bond motifs is 2. The van der Waals surface area contributed by atoms with Crippen LogP contribution in [0.25, 0.3) is 10.2 Å². The molecule has 0 unspecified atom stereocenters. The minimum Gasteiger partial charge on any atom is -0.279 e. The molecule has 3 heterocycles. The fraction of sp³-hybridized carbons (Fsp3) is 0.138. The van der Waals surface area contributed by atoms with Crippen molar-refractivity contribution in [1.82, 2.24) is 9.97 Å². The number of aromatic nitrogens is 2. The highest BCUT2D eigenvalue weighted by Crippen LogP contribution is 2.35. The number of nitrogens with zero attached hydrogens (tertiary/aromatic N) is 4. The molecule has 7 nitrogen and oxygen atoms in total. The van der Waals surface area contributed by atoms with Crippen molar-refractivity contribution in [2.45, 2.75) is 24.8 Å². The second-order valence-corrected chi connectivity index (χ2v) is 12.6. The Morgan fingerprint density at radius 1 is 1.05 bits per heavy atom. The van der Waals surface area contributed by atoms with Crippen LogP contribution >= 0.6 is 22.9 Å². The zero-order valence-electron chi connectivity index (χ0n) is 20.9. The van der Waals surface area contributed by atoms with Gasteiger partial charge < -0.3 is 0 Å². The molecule has 10 heteroatoms. The van der Waals surface area contributed by atoms with E-state index in [2.05, 4.69) is 4.98 Å². The molecule has 0 radical (unpaired) electrons. The number of anilines is 2. The fourth-order valence-corrected chi connectivity index (χ4v) is 7.69. The van der Waals surface area contributed by atoms with E-state index in [0.29, 0.717) is 34.4 Å². The lowest BCUT2D eigenvalue weighted by Crippen LogP contribution is -2.31. The van der Waals surface area contributed by atoms with E-state index in [0.717, 1.165) is 26.9 Å². The molecule has 0 atom stereocenters. The van der Waals surface area contributed by atoms with Gasteiger partial charge in [0.25, 0.3) is 15.9 Å². The van der Waals surface area contributed by atoms with Crippen LogP contribution in [0.4, 0.5) is 10.8 Å². The van der Waals surface area contributed by atoms with Gasteiger partial charge in [-0.3, -0.25) is 19.0 Å². The molecular formula is C29H23ClN4O3S2. The number of sulfonamides is 1. The van der Waals surface area contributed by atoms with E-state index < -0.39 is 10.0 Å². The maximum atomic E-state index is 13.9. The summed E-state index contributed by atoms with van der Waals surface area (Å²) in [5.41, 5.74) is 4.67. The van der Waals surface area contributed by atoms with E-state index in [1.807, 2.05) is 55.5 Å². The SMILES string of the molecule is Cc1cc(Cl)cc2sc(N(Cc3ccncc3)C(=O)c3ccc(S(=O)(=O)N4CCc5ccccc54)cc3)nc12. The highest BCUT2D eigenvalue weighted by molar-refractivity contribution is 7.92. The summed E-state index contributed by atoms with van der Waals surface area (Å²) >= 11 is 7.65. The minimum atomic E-state index is -3.76. The number of rotatable bonds is 6. The number of benzene rings is 3. The number of hydrogen-bond acceptors (Lipinski definition) is 6. The van der Waals surface area contributed by atoms with E-state index in [-0.39, 0.29) is 17.3 Å². The lowest BCUT2D eigenvalue weighted by molar-refractivity contribution is 0.0985. The number of thiazole rings is 1.